The van der Waals surface area contributed by atoms with Crippen LogP contribution in [-0.2, 0) is 17.8 Å². The minimum absolute atomic E-state index is 0.0135. The molecule has 2 heterocycles. The Hall–Kier alpha value is -2.04. The van der Waals surface area contributed by atoms with Gasteiger partial charge in [0.2, 0.25) is 5.91 Å². The minimum Gasteiger partial charge on any atom is -0.367 e. The van der Waals surface area contributed by atoms with Gasteiger partial charge in [-0.3, -0.25) is 9.89 Å². The zero-order chi connectivity index (χ0) is 10.5. The van der Waals surface area contributed by atoms with Gasteiger partial charge in [-0.15, -0.1) is 0 Å². The van der Waals surface area contributed by atoms with Crippen LogP contribution in [-0.4, -0.2) is 21.1 Å². The van der Waals surface area contributed by atoms with Gasteiger partial charge in [-0.25, -0.2) is 0 Å². The number of nitrogens with one attached hydrogen (secondary N) is 3. The summed E-state index contributed by atoms with van der Waals surface area (Å²) in [6.07, 6.45) is 5.66. The molecule has 2 rings (SSSR count). The molecule has 3 N–H and O–H groups in total. The highest BCUT2D eigenvalue weighted by Gasteiger charge is 2.03. The lowest BCUT2D eigenvalue weighted by molar-refractivity contribution is -0.120. The number of carbonyl (C=O) groups is 1. The van der Waals surface area contributed by atoms with E-state index in [4.69, 9.17) is 0 Å². The number of carbonyl (C=O) groups excluding carboxylic acids is 1. The molecule has 0 aliphatic heterocycles. The molecule has 0 radical (unpaired) electrons. The fourth-order valence-electron chi connectivity index (χ4n) is 1.29. The van der Waals surface area contributed by atoms with Gasteiger partial charge in [-0.1, -0.05) is 0 Å². The largest absolute Gasteiger partial charge is 0.367 e. The Labute approximate surface area is 86.9 Å². The summed E-state index contributed by atoms with van der Waals surface area (Å²) in [5, 5.41) is 9.34. The number of amides is 1. The second-order valence-electron chi connectivity index (χ2n) is 3.25. The number of H-pyrrole nitrogens is 2. The van der Waals surface area contributed by atoms with Crippen LogP contribution in [0, 0.1) is 0 Å². The van der Waals surface area contributed by atoms with Crippen LogP contribution in [0.5, 0.6) is 0 Å². The van der Waals surface area contributed by atoms with Crippen molar-refractivity contribution in [3.05, 3.63) is 42.0 Å². The van der Waals surface area contributed by atoms with Crippen LogP contribution < -0.4 is 5.32 Å². The highest BCUT2D eigenvalue weighted by Crippen LogP contribution is 1.96. The predicted octanol–water partition coefficient (Wildman–Crippen LogP) is 0.597. The van der Waals surface area contributed by atoms with Gasteiger partial charge < -0.3 is 10.3 Å². The van der Waals surface area contributed by atoms with Crippen molar-refractivity contribution in [3.63, 3.8) is 0 Å². The van der Waals surface area contributed by atoms with Crippen molar-refractivity contribution < 1.29 is 4.79 Å². The highest BCUT2D eigenvalue weighted by atomic mass is 16.1. The maximum atomic E-state index is 11.4. The molecular formula is C10H12N4O. The van der Waals surface area contributed by atoms with E-state index < -0.39 is 0 Å². The first-order valence-electron chi connectivity index (χ1n) is 4.71. The number of rotatable bonds is 4. The molecule has 0 atom stereocenters. The Kier molecular flexibility index (Phi) is 2.82. The SMILES string of the molecule is O=C(Cc1ccn[nH]1)NCc1cc[nH]c1. The monoisotopic (exact) mass is 204 g/mol. The molecule has 15 heavy (non-hydrogen) atoms. The van der Waals surface area contributed by atoms with Gasteiger partial charge in [0.25, 0.3) is 0 Å². The Balaban J connectivity index is 1.78. The quantitative estimate of drug-likeness (QED) is 0.682. The summed E-state index contributed by atoms with van der Waals surface area (Å²) in [6.45, 7) is 0.552. The van der Waals surface area contributed by atoms with Crippen LogP contribution >= 0.6 is 0 Å². The van der Waals surface area contributed by atoms with Crippen molar-refractivity contribution in [1.29, 1.82) is 0 Å². The smallest absolute Gasteiger partial charge is 0.226 e. The topological polar surface area (TPSA) is 73.6 Å². The van der Waals surface area contributed by atoms with E-state index in [0.717, 1.165) is 11.3 Å². The normalized spacial score (nSPS) is 10.1. The summed E-state index contributed by atoms with van der Waals surface area (Å²) in [5.41, 5.74) is 1.88. The molecule has 0 saturated heterocycles. The van der Waals surface area contributed by atoms with Crippen molar-refractivity contribution in [3.8, 4) is 0 Å². The molecule has 2 aromatic rings. The molecule has 0 fully saturated rings. The Morgan fingerprint density at radius 3 is 3.07 bits per heavy atom. The van der Waals surface area contributed by atoms with Crippen LogP contribution in [0.15, 0.2) is 30.7 Å². The van der Waals surface area contributed by atoms with Crippen molar-refractivity contribution in [2.45, 2.75) is 13.0 Å². The summed E-state index contributed by atoms with van der Waals surface area (Å²) in [5.74, 6) is -0.0135. The molecule has 0 aliphatic carbocycles. The summed E-state index contributed by atoms with van der Waals surface area (Å²) in [7, 11) is 0. The summed E-state index contributed by atoms with van der Waals surface area (Å²) >= 11 is 0. The molecule has 0 spiro atoms. The van der Waals surface area contributed by atoms with E-state index in [1.807, 2.05) is 18.5 Å². The maximum Gasteiger partial charge on any atom is 0.226 e. The van der Waals surface area contributed by atoms with E-state index in [1.54, 1.807) is 12.3 Å². The molecule has 78 valence electrons. The van der Waals surface area contributed by atoms with Gasteiger partial charge in [-0.2, -0.15) is 5.10 Å². The van der Waals surface area contributed by atoms with Crippen molar-refractivity contribution in [1.82, 2.24) is 20.5 Å². The Bertz CT molecular complexity index is 405. The molecule has 1 amide bonds. The highest BCUT2D eigenvalue weighted by molar-refractivity contribution is 5.77. The third-order valence-electron chi connectivity index (χ3n) is 2.06. The van der Waals surface area contributed by atoms with E-state index in [0.29, 0.717) is 13.0 Å². The average Bonchev–Trinajstić information content (AvgIpc) is 2.86. The van der Waals surface area contributed by atoms with E-state index in [2.05, 4.69) is 20.5 Å². The van der Waals surface area contributed by atoms with Crippen molar-refractivity contribution in [2.24, 2.45) is 0 Å². The number of aromatic nitrogens is 3. The van der Waals surface area contributed by atoms with E-state index in [9.17, 15) is 4.79 Å². The lowest BCUT2D eigenvalue weighted by atomic mass is 10.3. The van der Waals surface area contributed by atoms with Crippen LogP contribution in [0.3, 0.4) is 0 Å². The fourth-order valence-corrected chi connectivity index (χ4v) is 1.29. The van der Waals surface area contributed by atoms with Gasteiger partial charge in [-0.05, 0) is 17.7 Å². The maximum absolute atomic E-state index is 11.4. The summed E-state index contributed by atoms with van der Waals surface area (Å²) < 4.78 is 0. The molecule has 5 heteroatoms. The molecule has 0 aliphatic rings. The van der Waals surface area contributed by atoms with Gasteiger partial charge in [0.15, 0.2) is 0 Å². The third kappa shape index (κ3) is 2.70. The Morgan fingerprint density at radius 2 is 2.40 bits per heavy atom. The first-order valence-corrected chi connectivity index (χ1v) is 4.71. The second-order valence-corrected chi connectivity index (χ2v) is 3.25. The molecule has 0 unspecified atom stereocenters. The lowest BCUT2D eigenvalue weighted by Gasteiger charge is -2.01. The van der Waals surface area contributed by atoms with Gasteiger partial charge in [0, 0.05) is 30.8 Å². The molecular weight excluding hydrogens is 192 g/mol. The predicted molar refractivity (Wildman–Crippen MR) is 54.9 cm³/mol. The van der Waals surface area contributed by atoms with E-state index >= 15 is 0 Å². The number of hydrogen-bond acceptors (Lipinski definition) is 2. The number of nitrogens with zero attached hydrogens (tertiary/aromatic N) is 1. The number of hydrogen-bond donors (Lipinski definition) is 3. The summed E-state index contributed by atoms with van der Waals surface area (Å²) in [4.78, 5) is 14.4. The van der Waals surface area contributed by atoms with Gasteiger partial charge >= 0.3 is 0 Å². The second kappa shape index (κ2) is 4.45. The van der Waals surface area contributed by atoms with Crippen molar-refractivity contribution in [2.75, 3.05) is 0 Å². The molecule has 5 nitrogen and oxygen atoms in total. The van der Waals surface area contributed by atoms with Crippen LogP contribution in [0.2, 0.25) is 0 Å². The zero-order valence-corrected chi connectivity index (χ0v) is 8.16. The average molecular weight is 204 g/mol. The molecule has 0 saturated carbocycles. The number of aromatic amines is 2. The van der Waals surface area contributed by atoms with E-state index in [-0.39, 0.29) is 5.91 Å². The van der Waals surface area contributed by atoms with Crippen molar-refractivity contribution >= 4 is 5.91 Å². The van der Waals surface area contributed by atoms with Gasteiger partial charge in [0.05, 0.1) is 6.42 Å². The fraction of sp³-hybridized carbons (Fsp3) is 0.200. The zero-order valence-electron chi connectivity index (χ0n) is 8.16. The molecule has 0 aromatic carbocycles. The molecule has 2 aromatic heterocycles. The molecule has 0 bridgehead atoms. The first-order chi connectivity index (χ1) is 7.34. The lowest BCUT2D eigenvalue weighted by Crippen LogP contribution is -2.24. The van der Waals surface area contributed by atoms with Crippen LogP contribution in [0.4, 0.5) is 0 Å². The van der Waals surface area contributed by atoms with Crippen LogP contribution in [0.1, 0.15) is 11.3 Å². The first kappa shape index (κ1) is 9.51. The summed E-state index contributed by atoms with van der Waals surface area (Å²) in [6, 6.07) is 3.71. The van der Waals surface area contributed by atoms with Gasteiger partial charge in [0.1, 0.15) is 0 Å². The van der Waals surface area contributed by atoms with E-state index in [1.165, 1.54) is 0 Å². The Morgan fingerprint density at radius 1 is 1.47 bits per heavy atom. The standard InChI is InChI=1S/C10H12N4O/c15-10(5-9-2-4-13-14-9)12-7-8-1-3-11-6-8/h1-4,6,11H,5,7H2,(H,12,15)(H,13,14). The third-order valence-corrected chi connectivity index (χ3v) is 2.06. The minimum atomic E-state index is -0.0135. The van der Waals surface area contributed by atoms with Crippen LogP contribution in [0.25, 0.3) is 0 Å².